The Balaban J connectivity index is 2.07. The lowest BCUT2D eigenvalue weighted by atomic mass is 10.2. The first-order valence-corrected chi connectivity index (χ1v) is 6.07. The van der Waals surface area contributed by atoms with Gasteiger partial charge in [-0.05, 0) is 12.1 Å². The van der Waals surface area contributed by atoms with Crippen LogP contribution in [0.15, 0.2) is 24.4 Å². The number of β-amino-alcohol motifs (C(OH)–C–C–N with tert-alkyl or cyclic N) is 1. The Morgan fingerprint density at radius 3 is 2.95 bits per heavy atom. The van der Waals surface area contributed by atoms with E-state index in [0.29, 0.717) is 5.69 Å². The van der Waals surface area contributed by atoms with Gasteiger partial charge in [0.15, 0.2) is 0 Å². The van der Waals surface area contributed by atoms with Crippen molar-refractivity contribution in [3.8, 4) is 0 Å². The third-order valence-electron chi connectivity index (χ3n) is 3.13. The number of esters is 1. The van der Waals surface area contributed by atoms with Gasteiger partial charge < -0.3 is 14.7 Å². The number of carbonyl (C=O) groups excluding carboxylic acids is 2. The second kappa shape index (κ2) is 5.79. The molecule has 0 aliphatic carbocycles. The predicted octanol–water partition coefficient (Wildman–Crippen LogP) is -0.241. The number of methoxy groups -OCH3 is 1. The van der Waals surface area contributed by atoms with Gasteiger partial charge in [0.25, 0.3) is 0 Å². The minimum Gasteiger partial charge on any atom is -0.467 e. The normalized spacial score (nSPS) is 22.3. The zero-order valence-electron chi connectivity index (χ0n) is 10.7. The Morgan fingerprint density at radius 2 is 2.32 bits per heavy atom. The summed E-state index contributed by atoms with van der Waals surface area (Å²) in [5.74, 6) is -0.725. The molecular weight excluding hydrogens is 248 g/mol. The molecule has 1 aliphatic heterocycles. The van der Waals surface area contributed by atoms with Gasteiger partial charge in [-0.15, -0.1) is 0 Å². The van der Waals surface area contributed by atoms with E-state index >= 15 is 0 Å². The summed E-state index contributed by atoms with van der Waals surface area (Å²) in [5.41, 5.74) is 0.637. The third-order valence-corrected chi connectivity index (χ3v) is 3.13. The Morgan fingerprint density at radius 1 is 1.53 bits per heavy atom. The number of aliphatic hydroxyl groups excluding tert-OH is 1. The minimum atomic E-state index is -0.698. The molecule has 1 aromatic rings. The SMILES string of the molecule is COC(=O)C1CC(O)CN1C(=O)Cc1ccccn1. The quantitative estimate of drug-likeness (QED) is 0.762. The lowest BCUT2D eigenvalue weighted by molar-refractivity contribution is -0.150. The van der Waals surface area contributed by atoms with E-state index in [1.54, 1.807) is 24.4 Å². The average molecular weight is 264 g/mol. The summed E-state index contributed by atoms with van der Waals surface area (Å²) in [6.45, 7) is 0.158. The zero-order valence-corrected chi connectivity index (χ0v) is 10.7. The number of hydrogen-bond donors (Lipinski definition) is 1. The van der Waals surface area contributed by atoms with Crippen LogP contribution >= 0.6 is 0 Å². The molecule has 1 fully saturated rings. The number of hydrogen-bond acceptors (Lipinski definition) is 5. The zero-order chi connectivity index (χ0) is 13.8. The van der Waals surface area contributed by atoms with Crippen molar-refractivity contribution in [1.82, 2.24) is 9.88 Å². The van der Waals surface area contributed by atoms with Crippen LogP contribution in [0.25, 0.3) is 0 Å². The van der Waals surface area contributed by atoms with Crippen LogP contribution in [-0.2, 0) is 20.7 Å². The second-order valence-corrected chi connectivity index (χ2v) is 4.47. The van der Waals surface area contributed by atoms with Crippen molar-refractivity contribution < 1.29 is 19.4 Å². The second-order valence-electron chi connectivity index (χ2n) is 4.47. The van der Waals surface area contributed by atoms with Gasteiger partial charge in [0.2, 0.25) is 5.91 Å². The van der Waals surface area contributed by atoms with Crippen LogP contribution in [0.5, 0.6) is 0 Å². The number of carbonyl (C=O) groups is 2. The first-order valence-electron chi connectivity index (χ1n) is 6.07. The molecule has 0 radical (unpaired) electrons. The van der Waals surface area contributed by atoms with Crippen molar-refractivity contribution in [2.75, 3.05) is 13.7 Å². The minimum absolute atomic E-state index is 0.112. The van der Waals surface area contributed by atoms with Crippen molar-refractivity contribution in [1.29, 1.82) is 0 Å². The van der Waals surface area contributed by atoms with Crippen LogP contribution in [0, 0.1) is 0 Å². The summed E-state index contributed by atoms with van der Waals surface area (Å²) >= 11 is 0. The molecule has 19 heavy (non-hydrogen) atoms. The van der Waals surface area contributed by atoms with E-state index < -0.39 is 18.1 Å². The highest BCUT2D eigenvalue weighted by molar-refractivity contribution is 5.86. The summed E-state index contributed by atoms with van der Waals surface area (Å²) in [6.07, 6.45) is 1.26. The predicted molar refractivity (Wildman–Crippen MR) is 66.1 cm³/mol. The highest BCUT2D eigenvalue weighted by atomic mass is 16.5. The fourth-order valence-electron chi connectivity index (χ4n) is 2.21. The van der Waals surface area contributed by atoms with Crippen LogP contribution in [0.3, 0.4) is 0 Å². The van der Waals surface area contributed by atoms with Crippen LogP contribution in [0.4, 0.5) is 0 Å². The van der Waals surface area contributed by atoms with E-state index in [4.69, 9.17) is 0 Å². The molecule has 6 heteroatoms. The van der Waals surface area contributed by atoms with E-state index in [2.05, 4.69) is 9.72 Å². The fraction of sp³-hybridized carbons (Fsp3) is 0.462. The molecule has 0 saturated carbocycles. The van der Waals surface area contributed by atoms with Gasteiger partial charge in [-0.25, -0.2) is 4.79 Å². The first kappa shape index (κ1) is 13.5. The Bertz CT molecular complexity index is 463. The summed E-state index contributed by atoms with van der Waals surface area (Å²) < 4.78 is 4.65. The van der Waals surface area contributed by atoms with Gasteiger partial charge in [0, 0.05) is 24.9 Å². The number of amides is 1. The van der Waals surface area contributed by atoms with Gasteiger partial charge in [-0.1, -0.05) is 6.07 Å². The smallest absolute Gasteiger partial charge is 0.328 e. The van der Waals surface area contributed by atoms with Crippen molar-refractivity contribution in [3.63, 3.8) is 0 Å². The monoisotopic (exact) mass is 264 g/mol. The Hall–Kier alpha value is -1.95. The largest absolute Gasteiger partial charge is 0.467 e. The number of likely N-dealkylation sites (tertiary alicyclic amines) is 1. The van der Waals surface area contributed by atoms with Gasteiger partial charge in [-0.2, -0.15) is 0 Å². The van der Waals surface area contributed by atoms with Crippen LogP contribution < -0.4 is 0 Å². The average Bonchev–Trinajstić information content (AvgIpc) is 2.81. The summed E-state index contributed by atoms with van der Waals surface area (Å²) in [7, 11) is 1.27. The molecule has 2 heterocycles. The molecule has 1 N–H and O–H groups in total. The molecular formula is C13H16N2O4. The lowest BCUT2D eigenvalue weighted by Crippen LogP contribution is -2.42. The third kappa shape index (κ3) is 3.08. The van der Waals surface area contributed by atoms with E-state index in [1.807, 2.05) is 0 Å². The molecule has 1 aromatic heterocycles. The molecule has 1 saturated heterocycles. The summed E-state index contributed by atoms with van der Waals surface area (Å²) in [4.78, 5) is 29.2. The van der Waals surface area contributed by atoms with Crippen molar-refractivity contribution in [3.05, 3.63) is 30.1 Å². The Kier molecular flexibility index (Phi) is 4.11. The van der Waals surface area contributed by atoms with E-state index in [9.17, 15) is 14.7 Å². The maximum Gasteiger partial charge on any atom is 0.328 e. The van der Waals surface area contributed by atoms with Gasteiger partial charge >= 0.3 is 5.97 Å². The molecule has 1 aliphatic rings. The number of pyridine rings is 1. The van der Waals surface area contributed by atoms with Crippen molar-refractivity contribution >= 4 is 11.9 Å². The Labute approximate surface area is 111 Å². The van der Waals surface area contributed by atoms with Gasteiger partial charge in [0.05, 0.1) is 19.6 Å². The van der Waals surface area contributed by atoms with E-state index in [-0.39, 0.29) is 25.3 Å². The fourth-order valence-corrected chi connectivity index (χ4v) is 2.21. The number of aromatic nitrogens is 1. The van der Waals surface area contributed by atoms with Crippen LogP contribution in [-0.4, -0.2) is 52.7 Å². The molecule has 2 rings (SSSR count). The summed E-state index contributed by atoms with van der Waals surface area (Å²) in [6, 6.07) is 4.62. The van der Waals surface area contributed by atoms with Crippen molar-refractivity contribution in [2.24, 2.45) is 0 Å². The van der Waals surface area contributed by atoms with Crippen LogP contribution in [0.1, 0.15) is 12.1 Å². The van der Waals surface area contributed by atoms with E-state index in [0.717, 1.165) is 0 Å². The number of ether oxygens (including phenoxy) is 1. The molecule has 1 amide bonds. The molecule has 2 atom stereocenters. The molecule has 0 bridgehead atoms. The number of nitrogens with zero attached hydrogens (tertiary/aromatic N) is 2. The van der Waals surface area contributed by atoms with Crippen molar-refractivity contribution in [2.45, 2.75) is 25.0 Å². The number of rotatable bonds is 3. The first-order chi connectivity index (χ1) is 9.11. The maximum absolute atomic E-state index is 12.2. The highest BCUT2D eigenvalue weighted by Crippen LogP contribution is 2.20. The molecule has 0 spiro atoms. The van der Waals surface area contributed by atoms with Gasteiger partial charge in [0.1, 0.15) is 6.04 Å². The molecule has 2 unspecified atom stereocenters. The standard InChI is InChI=1S/C13H16N2O4/c1-19-13(18)11-7-10(16)8-15(11)12(17)6-9-4-2-3-5-14-9/h2-5,10-11,16H,6-8H2,1H3. The number of aliphatic hydroxyl groups is 1. The highest BCUT2D eigenvalue weighted by Gasteiger charge is 2.39. The topological polar surface area (TPSA) is 79.7 Å². The molecule has 102 valence electrons. The van der Waals surface area contributed by atoms with E-state index in [1.165, 1.54) is 12.0 Å². The molecule has 0 aromatic carbocycles. The molecule has 6 nitrogen and oxygen atoms in total. The van der Waals surface area contributed by atoms with Crippen LogP contribution in [0.2, 0.25) is 0 Å². The maximum atomic E-state index is 12.2. The lowest BCUT2D eigenvalue weighted by Gasteiger charge is -2.22. The van der Waals surface area contributed by atoms with Gasteiger partial charge in [-0.3, -0.25) is 9.78 Å². The summed E-state index contributed by atoms with van der Waals surface area (Å²) in [5, 5.41) is 9.61.